The minimum absolute atomic E-state index is 0.0300. The molecule has 1 aliphatic heterocycles. The van der Waals surface area contributed by atoms with Gasteiger partial charge >= 0.3 is 0 Å². The highest BCUT2D eigenvalue weighted by atomic mass is 16.2. The second-order valence-corrected chi connectivity index (χ2v) is 4.84. The number of likely N-dealkylation sites (N-methyl/N-ethyl adjacent to an activating group) is 1. The Bertz CT molecular complexity index is 371. The van der Waals surface area contributed by atoms with Gasteiger partial charge in [0.2, 0.25) is 5.91 Å². The van der Waals surface area contributed by atoms with Crippen LogP contribution in [-0.2, 0) is 11.3 Å². The number of benzene rings is 1. The first kappa shape index (κ1) is 13.1. The lowest BCUT2D eigenvalue weighted by atomic mass is 10.0. The molecule has 1 aliphatic rings. The van der Waals surface area contributed by atoms with E-state index in [1.54, 1.807) is 0 Å². The van der Waals surface area contributed by atoms with Crippen LogP contribution in [0.3, 0.4) is 0 Å². The monoisotopic (exact) mass is 246 g/mol. The van der Waals surface area contributed by atoms with Gasteiger partial charge in [0, 0.05) is 13.1 Å². The topological polar surface area (TPSA) is 32.3 Å². The van der Waals surface area contributed by atoms with Gasteiger partial charge in [-0.1, -0.05) is 36.8 Å². The molecule has 1 saturated heterocycles. The Morgan fingerprint density at radius 2 is 2.11 bits per heavy atom. The molecule has 3 heteroatoms. The summed E-state index contributed by atoms with van der Waals surface area (Å²) < 4.78 is 0. The van der Waals surface area contributed by atoms with Crippen LogP contribution in [0.1, 0.15) is 31.7 Å². The predicted molar refractivity (Wildman–Crippen MR) is 73.2 cm³/mol. The lowest BCUT2D eigenvalue weighted by Crippen LogP contribution is -2.48. The van der Waals surface area contributed by atoms with Gasteiger partial charge in [0.05, 0.1) is 6.04 Å². The van der Waals surface area contributed by atoms with E-state index in [-0.39, 0.29) is 11.9 Å². The van der Waals surface area contributed by atoms with Crippen LogP contribution < -0.4 is 5.32 Å². The minimum atomic E-state index is 0.0300. The normalized spacial score (nSPS) is 19.5. The molecule has 1 fully saturated rings. The first-order valence-electron chi connectivity index (χ1n) is 6.87. The molecule has 98 valence electrons. The maximum Gasteiger partial charge on any atom is 0.239 e. The molecule has 1 atom stereocenters. The quantitative estimate of drug-likeness (QED) is 0.883. The van der Waals surface area contributed by atoms with Crippen molar-refractivity contribution in [3.05, 3.63) is 35.9 Å². The van der Waals surface area contributed by atoms with Crippen molar-refractivity contribution in [2.75, 3.05) is 13.1 Å². The molecule has 0 radical (unpaired) electrons. The van der Waals surface area contributed by atoms with Crippen LogP contribution in [0.25, 0.3) is 0 Å². The molecule has 0 aliphatic carbocycles. The molecular weight excluding hydrogens is 224 g/mol. The van der Waals surface area contributed by atoms with E-state index in [0.29, 0.717) is 6.54 Å². The molecule has 2 rings (SSSR count). The summed E-state index contributed by atoms with van der Waals surface area (Å²) in [4.78, 5) is 14.3. The number of amides is 1. The minimum Gasteiger partial charge on any atom is -0.337 e. The van der Waals surface area contributed by atoms with Crippen molar-refractivity contribution >= 4 is 5.91 Å². The van der Waals surface area contributed by atoms with E-state index < -0.39 is 0 Å². The maximum atomic E-state index is 12.4. The molecule has 18 heavy (non-hydrogen) atoms. The number of carbonyl (C=O) groups excluding carboxylic acids is 1. The zero-order valence-electron chi connectivity index (χ0n) is 11.1. The molecule has 1 amide bonds. The van der Waals surface area contributed by atoms with Gasteiger partial charge in [0.1, 0.15) is 0 Å². The number of piperidine rings is 1. The molecule has 1 aromatic rings. The zero-order valence-corrected chi connectivity index (χ0v) is 11.1. The highest BCUT2D eigenvalue weighted by Crippen LogP contribution is 2.12. The Morgan fingerprint density at radius 1 is 1.33 bits per heavy atom. The van der Waals surface area contributed by atoms with Gasteiger partial charge in [-0.15, -0.1) is 0 Å². The molecule has 0 aromatic heterocycles. The van der Waals surface area contributed by atoms with Crippen LogP contribution in [0.2, 0.25) is 0 Å². The van der Waals surface area contributed by atoms with E-state index in [0.717, 1.165) is 25.9 Å². The standard InChI is InChI=1S/C15H22N2O/c1-2-17(12-13-8-4-3-5-9-13)15(18)14-10-6-7-11-16-14/h3-5,8-9,14,16H,2,6-7,10-12H2,1H3/t14-/m1/s1. The van der Waals surface area contributed by atoms with Crippen molar-refractivity contribution in [2.24, 2.45) is 0 Å². The summed E-state index contributed by atoms with van der Waals surface area (Å²) in [6, 6.07) is 10.2. The summed E-state index contributed by atoms with van der Waals surface area (Å²) in [7, 11) is 0. The second kappa shape index (κ2) is 6.55. The third-order valence-corrected chi connectivity index (χ3v) is 3.52. The number of hydrogen-bond acceptors (Lipinski definition) is 2. The Hall–Kier alpha value is -1.35. The molecule has 0 unspecified atom stereocenters. The Labute approximate surface area is 109 Å². The van der Waals surface area contributed by atoms with E-state index >= 15 is 0 Å². The van der Waals surface area contributed by atoms with Crippen molar-refractivity contribution in [1.82, 2.24) is 10.2 Å². The highest BCUT2D eigenvalue weighted by Gasteiger charge is 2.24. The van der Waals surface area contributed by atoms with Crippen LogP contribution in [0.5, 0.6) is 0 Å². The van der Waals surface area contributed by atoms with Crippen LogP contribution in [-0.4, -0.2) is 29.9 Å². The van der Waals surface area contributed by atoms with E-state index in [1.165, 1.54) is 12.0 Å². The summed E-state index contributed by atoms with van der Waals surface area (Å²) in [5.41, 5.74) is 1.20. The lowest BCUT2D eigenvalue weighted by Gasteiger charge is -2.29. The molecule has 0 saturated carbocycles. The summed E-state index contributed by atoms with van der Waals surface area (Å²) >= 11 is 0. The number of nitrogens with one attached hydrogen (secondary N) is 1. The van der Waals surface area contributed by atoms with Gasteiger partial charge in [-0.2, -0.15) is 0 Å². The number of nitrogens with zero attached hydrogens (tertiary/aromatic N) is 1. The second-order valence-electron chi connectivity index (χ2n) is 4.84. The van der Waals surface area contributed by atoms with Gasteiger partial charge < -0.3 is 10.2 Å². The van der Waals surface area contributed by atoms with Crippen molar-refractivity contribution in [3.8, 4) is 0 Å². The summed E-state index contributed by atoms with van der Waals surface area (Å²) in [6.07, 6.45) is 3.32. The SMILES string of the molecule is CCN(Cc1ccccc1)C(=O)[C@H]1CCCCN1. The van der Waals surface area contributed by atoms with Gasteiger partial charge in [0.15, 0.2) is 0 Å². The van der Waals surface area contributed by atoms with Crippen LogP contribution in [0.4, 0.5) is 0 Å². The fourth-order valence-corrected chi connectivity index (χ4v) is 2.43. The average Bonchev–Trinajstić information content (AvgIpc) is 2.46. The van der Waals surface area contributed by atoms with Crippen LogP contribution >= 0.6 is 0 Å². The van der Waals surface area contributed by atoms with Gasteiger partial charge in [-0.3, -0.25) is 4.79 Å². The van der Waals surface area contributed by atoms with Crippen molar-refractivity contribution < 1.29 is 4.79 Å². The Morgan fingerprint density at radius 3 is 2.72 bits per heavy atom. The lowest BCUT2D eigenvalue weighted by molar-refractivity contribution is -0.134. The smallest absolute Gasteiger partial charge is 0.239 e. The van der Waals surface area contributed by atoms with Crippen molar-refractivity contribution in [1.29, 1.82) is 0 Å². The first-order valence-corrected chi connectivity index (χ1v) is 6.87. The van der Waals surface area contributed by atoms with Crippen molar-refractivity contribution in [2.45, 2.75) is 38.8 Å². The number of carbonyl (C=O) groups is 1. The summed E-state index contributed by atoms with van der Waals surface area (Å²) in [6.45, 7) is 4.50. The molecule has 1 aromatic carbocycles. The molecule has 3 nitrogen and oxygen atoms in total. The summed E-state index contributed by atoms with van der Waals surface area (Å²) in [5, 5.41) is 3.33. The van der Waals surface area contributed by atoms with Crippen LogP contribution in [0.15, 0.2) is 30.3 Å². The molecule has 1 heterocycles. The van der Waals surface area contributed by atoms with Gasteiger partial charge in [-0.25, -0.2) is 0 Å². The zero-order chi connectivity index (χ0) is 12.8. The molecular formula is C15H22N2O. The average molecular weight is 246 g/mol. The van der Waals surface area contributed by atoms with E-state index in [4.69, 9.17) is 0 Å². The fraction of sp³-hybridized carbons (Fsp3) is 0.533. The molecule has 1 N–H and O–H groups in total. The first-order chi connectivity index (χ1) is 8.81. The maximum absolute atomic E-state index is 12.4. The molecule has 0 spiro atoms. The number of rotatable bonds is 4. The number of hydrogen-bond donors (Lipinski definition) is 1. The van der Waals surface area contributed by atoms with E-state index in [1.807, 2.05) is 30.0 Å². The van der Waals surface area contributed by atoms with E-state index in [2.05, 4.69) is 17.4 Å². The molecule has 0 bridgehead atoms. The third-order valence-electron chi connectivity index (χ3n) is 3.52. The van der Waals surface area contributed by atoms with E-state index in [9.17, 15) is 4.79 Å². The third kappa shape index (κ3) is 3.33. The fourth-order valence-electron chi connectivity index (χ4n) is 2.43. The largest absolute Gasteiger partial charge is 0.337 e. The Kier molecular flexibility index (Phi) is 4.76. The summed E-state index contributed by atoms with van der Waals surface area (Å²) in [5.74, 6) is 0.251. The predicted octanol–water partition coefficient (Wildman–Crippen LogP) is 2.18. The van der Waals surface area contributed by atoms with Crippen LogP contribution in [0, 0.1) is 0 Å². The highest BCUT2D eigenvalue weighted by molar-refractivity contribution is 5.82. The van der Waals surface area contributed by atoms with Crippen molar-refractivity contribution in [3.63, 3.8) is 0 Å². The van der Waals surface area contributed by atoms with Gasteiger partial charge in [-0.05, 0) is 31.9 Å². The Balaban J connectivity index is 1.97. The van der Waals surface area contributed by atoms with Gasteiger partial charge in [0.25, 0.3) is 0 Å².